The van der Waals surface area contributed by atoms with Crippen molar-refractivity contribution in [2.45, 2.75) is 45.1 Å². The second kappa shape index (κ2) is 6.19. The molecule has 1 unspecified atom stereocenters. The molecule has 1 fully saturated rings. The highest BCUT2D eigenvalue weighted by molar-refractivity contribution is 14.1. The van der Waals surface area contributed by atoms with Gasteiger partial charge in [0.2, 0.25) is 0 Å². The lowest BCUT2D eigenvalue weighted by molar-refractivity contribution is 0.156. The molecule has 1 saturated heterocycles. The molecule has 0 spiro atoms. The van der Waals surface area contributed by atoms with Gasteiger partial charge in [-0.05, 0) is 38.8 Å². The van der Waals surface area contributed by atoms with E-state index in [0.29, 0.717) is 0 Å². The fraction of sp³-hybridized carbons (Fsp3) is 1.00. The molecule has 2 heteroatoms. The van der Waals surface area contributed by atoms with E-state index < -0.39 is 0 Å². The number of halogens is 1. The standard InChI is InChI=1S/C10H20IN/c1-2-10(6-7-11)12-8-4-3-5-9-12/h10H,2-9H2,1H3. The van der Waals surface area contributed by atoms with Gasteiger partial charge in [-0.1, -0.05) is 35.9 Å². The monoisotopic (exact) mass is 281 g/mol. The molecule has 1 atom stereocenters. The zero-order valence-electron chi connectivity index (χ0n) is 8.06. The van der Waals surface area contributed by atoms with Gasteiger partial charge in [0.25, 0.3) is 0 Å². The molecule has 0 bridgehead atoms. The third-order valence-electron chi connectivity index (χ3n) is 2.82. The van der Waals surface area contributed by atoms with Crippen molar-refractivity contribution in [1.29, 1.82) is 0 Å². The Labute approximate surface area is 90.0 Å². The Bertz CT molecular complexity index is 108. The van der Waals surface area contributed by atoms with Gasteiger partial charge >= 0.3 is 0 Å². The highest BCUT2D eigenvalue weighted by Crippen LogP contribution is 2.16. The van der Waals surface area contributed by atoms with Crippen LogP contribution in [0.3, 0.4) is 0 Å². The first-order valence-corrected chi connectivity index (χ1v) is 6.71. The minimum absolute atomic E-state index is 0.877. The molecule has 0 aliphatic carbocycles. The van der Waals surface area contributed by atoms with Crippen molar-refractivity contribution in [3.63, 3.8) is 0 Å². The zero-order valence-corrected chi connectivity index (χ0v) is 10.2. The summed E-state index contributed by atoms with van der Waals surface area (Å²) in [5, 5.41) is 0. The van der Waals surface area contributed by atoms with Crippen LogP contribution in [0.25, 0.3) is 0 Å². The molecule has 1 aliphatic heterocycles. The van der Waals surface area contributed by atoms with E-state index in [4.69, 9.17) is 0 Å². The molecule has 72 valence electrons. The molecule has 0 aromatic heterocycles. The molecule has 1 aliphatic rings. The number of hydrogen-bond acceptors (Lipinski definition) is 1. The van der Waals surface area contributed by atoms with Gasteiger partial charge in [0.1, 0.15) is 0 Å². The lowest BCUT2D eigenvalue weighted by Gasteiger charge is -2.33. The maximum atomic E-state index is 2.70. The average molecular weight is 281 g/mol. The van der Waals surface area contributed by atoms with Gasteiger partial charge < -0.3 is 4.90 Å². The summed E-state index contributed by atoms with van der Waals surface area (Å²) in [7, 11) is 0. The minimum atomic E-state index is 0.877. The van der Waals surface area contributed by atoms with E-state index >= 15 is 0 Å². The largest absolute Gasteiger partial charge is 0.300 e. The van der Waals surface area contributed by atoms with Crippen LogP contribution in [-0.4, -0.2) is 28.5 Å². The van der Waals surface area contributed by atoms with E-state index in [1.54, 1.807) is 0 Å². The predicted octanol–water partition coefficient (Wildman–Crippen LogP) is 3.08. The van der Waals surface area contributed by atoms with Crippen LogP contribution < -0.4 is 0 Å². The van der Waals surface area contributed by atoms with Crippen LogP contribution in [0.15, 0.2) is 0 Å². The molecule has 0 amide bonds. The van der Waals surface area contributed by atoms with E-state index in [-0.39, 0.29) is 0 Å². The van der Waals surface area contributed by atoms with Crippen LogP contribution in [0.5, 0.6) is 0 Å². The molecule has 0 saturated carbocycles. The normalized spacial score (nSPS) is 22.5. The van der Waals surface area contributed by atoms with Crippen LogP contribution in [0.4, 0.5) is 0 Å². The van der Waals surface area contributed by atoms with E-state index in [1.807, 2.05) is 0 Å². The number of rotatable bonds is 4. The van der Waals surface area contributed by atoms with Crippen LogP contribution in [0.1, 0.15) is 39.0 Å². The molecular weight excluding hydrogens is 261 g/mol. The average Bonchev–Trinajstić information content (AvgIpc) is 2.15. The van der Waals surface area contributed by atoms with Crippen molar-refractivity contribution in [2.24, 2.45) is 0 Å². The van der Waals surface area contributed by atoms with Gasteiger partial charge in [-0.2, -0.15) is 0 Å². The Kier molecular flexibility index (Phi) is 5.56. The second-order valence-corrected chi connectivity index (χ2v) is 4.72. The van der Waals surface area contributed by atoms with E-state index in [2.05, 4.69) is 34.4 Å². The first-order chi connectivity index (χ1) is 5.88. The van der Waals surface area contributed by atoms with Crippen LogP contribution in [-0.2, 0) is 0 Å². The molecule has 0 radical (unpaired) electrons. The summed E-state index contributed by atoms with van der Waals surface area (Å²) in [5.41, 5.74) is 0. The van der Waals surface area contributed by atoms with Crippen LogP contribution >= 0.6 is 22.6 Å². The van der Waals surface area contributed by atoms with Gasteiger partial charge in [-0.3, -0.25) is 0 Å². The number of likely N-dealkylation sites (tertiary alicyclic amines) is 1. The summed E-state index contributed by atoms with van der Waals surface area (Å²) in [6.07, 6.45) is 7.03. The van der Waals surface area contributed by atoms with Gasteiger partial charge in [-0.25, -0.2) is 0 Å². The summed E-state index contributed by atoms with van der Waals surface area (Å²) in [4.78, 5) is 2.70. The fourth-order valence-corrected chi connectivity index (χ4v) is 2.77. The molecular formula is C10H20IN. The Morgan fingerprint density at radius 2 is 1.92 bits per heavy atom. The van der Waals surface area contributed by atoms with E-state index in [1.165, 1.54) is 49.6 Å². The van der Waals surface area contributed by atoms with Crippen molar-refractivity contribution in [3.8, 4) is 0 Å². The summed E-state index contributed by atoms with van der Waals surface area (Å²) in [6.45, 7) is 5.04. The predicted molar refractivity (Wildman–Crippen MR) is 63.0 cm³/mol. The minimum Gasteiger partial charge on any atom is -0.300 e. The SMILES string of the molecule is CCC(CCI)N1CCCCC1. The Morgan fingerprint density at radius 1 is 1.25 bits per heavy atom. The van der Waals surface area contributed by atoms with E-state index in [9.17, 15) is 0 Å². The smallest absolute Gasteiger partial charge is 0.00999 e. The third-order valence-corrected chi connectivity index (χ3v) is 3.44. The summed E-state index contributed by atoms with van der Waals surface area (Å²) in [6, 6.07) is 0.877. The fourth-order valence-electron chi connectivity index (χ4n) is 2.05. The third kappa shape index (κ3) is 3.21. The van der Waals surface area contributed by atoms with Crippen LogP contribution in [0.2, 0.25) is 0 Å². The molecule has 12 heavy (non-hydrogen) atoms. The Hall–Kier alpha value is 0.690. The van der Waals surface area contributed by atoms with E-state index in [0.717, 1.165) is 6.04 Å². The van der Waals surface area contributed by atoms with Gasteiger partial charge in [0.15, 0.2) is 0 Å². The lowest BCUT2D eigenvalue weighted by Crippen LogP contribution is -2.39. The first kappa shape index (κ1) is 10.8. The number of nitrogens with zero attached hydrogens (tertiary/aromatic N) is 1. The highest BCUT2D eigenvalue weighted by Gasteiger charge is 2.17. The maximum absolute atomic E-state index is 2.70. The van der Waals surface area contributed by atoms with Gasteiger partial charge in [-0.15, -0.1) is 0 Å². The van der Waals surface area contributed by atoms with Crippen molar-refractivity contribution in [3.05, 3.63) is 0 Å². The molecule has 0 aromatic rings. The maximum Gasteiger partial charge on any atom is 0.00999 e. The molecule has 1 rings (SSSR count). The van der Waals surface area contributed by atoms with Crippen molar-refractivity contribution in [1.82, 2.24) is 4.90 Å². The molecule has 0 N–H and O–H groups in total. The Balaban J connectivity index is 2.29. The first-order valence-electron chi connectivity index (χ1n) is 5.18. The summed E-state index contributed by atoms with van der Waals surface area (Å²) < 4.78 is 1.31. The topological polar surface area (TPSA) is 3.24 Å². The summed E-state index contributed by atoms with van der Waals surface area (Å²) >= 11 is 2.50. The zero-order chi connectivity index (χ0) is 8.81. The van der Waals surface area contributed by atoms with Gasteiger partial charge in [0.05, 0.1) is 0 Å². The quantitative estimate of drug-likeness (QED) is 0.565. The van der Waals surface area contributed by atoms with Crippen molar-refractivity contribution in [2.75, 3.05) is 17.5 Å². The van der Waals surface area contributed by atoms with Crippen molar-refractivity contribution < 1.29 is 0 Å². The summed E-state index contributed by atoms with van der Waals surface area (Å²) in [5.74, 6) is 0. The highest BCUT2D eigenvalue weighted by atomic mass is 127. The molecule has 0 aromatic carbocycles. The van der Waals surface area contributed by atoms with Crippen LogP contribution in [0, 0.1) is 0 Å². The number of alkyl halides is 1. The number of hydrogen-bond donors (Lipinski definition) is 0. The second-order valence-electron chi connectivity index (χ2n) is 3.64. The lowest BCUT2D eigenvalue weighted by atomic mass is 10.1. The van der Waals surface area contributed by atoms with Crippen molar-refractivity contribution >= 4 is 22.6 Å². The molecule has 1 nitrogen and oxygen atoms in total. The Morgan fingerprint density at radius 3 is 2.42 bits per heavy atom. The number of piperidine rings is 1. The van der Waals surface area contributed by atoms with Gasteiger partial charge in [0, 0.05) is 10.5 Å². The molecule has 1 heterocycles.